The van der Waals surface area contributed by atoms with Gasteiger partial charge < -0.3 is 5.11 Å². The maximum Gasteiger partial charge on any atom is 0.153 e. The van der Waals surface area contributed by atoms with E-state index >= 15 is 0 Å². The number of benzene rings is 1. The first kappa shape index (κ1) is 10.8. The Morgan fingerprint density at radius 3 is 2.64 bits per heavy atom. The van der Waals surface area contributed by atoms with Crippen molar-refractivity contribution in [1.82, 2.24) is 0 Å². The van der Waals surface area contributed by atoms with Gasteiger partial charge in [-0.3, -0.25) is 4.79 Å². The van der Waals surface area contributed by atoms with E-state index in [1.54, 1.807) is 6.07 Å². The van der Waals surface area contributed by atoms with Crippen LogP contribution in [0.4, 0.5) is 0 Å². The number of fused-ring (bicyclic) bond motifs is 1. The number of rotatable bonds is 1. The Hall–Kier alpha value is -1.31. The van der Waals surface area contributed by atoms with Crippen LogP contribution in [0.3, 0.4) is 0 Å². The van der Waals surface area contributed by atoms with Crippen molar-refractivity contribution in [2.24, 2.45) is 0 Å². The summed E-state index contributed by atoms with van der Waals surface area (Å²) >= 11 is 0. The average molecular weight is 192 g/mol. The SMILES string of the molecule is CC.O=Cc1ccc2c(c1O)CCC2. The Balaban J connectivity index is 0.000000461. The molecule has 2 nitrogen and oxygen atoms in total. The minimum atomic E-state index is 0.194. The van der Waals surface area contributed by atoms with Gasteiger partial charge in [0.05, 0.1) is 5.56 Å². The lowest BCUT2D eigenvalue weighted by atomic mass is 10.1. The lowest BCUT2D eigenvalue weighted by Gasteiger charge is -2.03. The van der Waals surface area contributed by atoms with Gasteiger partial charge in [-0.2, -0.15) is 0 Å². The summed E-state index contributed by atoms with van der Waals surface area (Å²) in [7, 11) is 0. The number of hydrogen-bond donors (Lipinski definition) is 1. The van der Waals surface area contributed by atoms with Crippen molar-refractivity contribution in [3.05, 3.63) is 28.8 Å². The van der Waals surface area contributed by atoms with Gasteiger partial charge >= 0.3 is 0 Å². The van der Waals surface area contributed by atoms with Gasteiger partial charge in [0.25, 0.3) is 0 Å². The molecule has 0 heterocycles. The number of aldehydes is 1. The maximum absolute atomic E-state index is 10.5. The summed E-state index contributed by atoms with van der Waals surface area (Å²) in [5.74, 6) is 0.194. The first-order valence-electron chi connectivity index (χ1n) is 5.12. The van der Waals surface area contributed by atoms with Crippen molar-refractivity contribution in [2.45, 2.75) is 33.1 Å². The van der Waals surface area contributed by atoms with E-state index in [1.165, 1.54) is 5.56 Å². The van der Waals surface area contributed by atoms with Crippen LogP contribution < -0.4 is 0 Å². The predicted octanol–water partition coefficient (Wildman–Crippen LogP) is 2.72. The highest BCUT2D eigenvalue weighted by atomic mass is 16.3. The smallest absolute Gasteiger partial charge is 0.153 e. The van der Waals surface area contributed by atoms with Gasteiger partial charge in [0, 0.05) is 0 Å². The summed E-state index contributed by atoms with van der Waals surface area (Å²) in [6.07, 6.45) is 3.73. The first-order chi connectivity index (χ1) is 6.83. The molecular weight excluding hydrogens is 176 g/mol. The largest absolute Gasteiger partial charge is 0.507 e. The molecule has 0 atom stereocenters. The molecule has 0 spiro atoms. The summed E-state index contributed by atoms with van der Waals surface area (Å²) in [5, 5.41) is 9.58. The maximum atomic E-state index is 10.5. The molecule has 0 aliphatic heterocycles. The van der Waals surface area contributed by atoms with Gasteiger partial charge in [-0.1, -0.05) is 19.9 Å². The molecule has 0 amide bonds. The highest BCUT2D eigenvalue weighted by Gasteiger charge is 2.16. The van der Waals surface area contributed by atoms with Gasteiger partial charge in [0.1, 0.15) is 5.75 Å². The molecule has 1 aromatic carbocycles. The topological polar surface area (TPSA) is 37.3 Å². The van der Waals surface area contributed by atoms with E-state index in [-0.39, 0.29) is 5.75 Å². The predicted molar refractivity (Wildman–Crippen MR) is 56.9 cm³/mol. The molecule has 1 N–H and O–H groups in total. The van der Waals surface area contributed by atoms with Gasteiger partial charge in [-0.25, -0.2) is 0 Å². The Labute approximate surface area is 84.6 Å². The number of aromatic hydroxyl groups is 1. The zero-order chi connectivity index (χ0) is 10.6. The van der Waals surface area contributed by atoms with Crippen molar-refractivity contribution < 1.29 is 9.90 Å². The van der Waals surface area contributed by atoms with E-state index in [1.807, 2.05) is 19.9 Å². The van der Waals surface area contributed by atoms with Crippen LogP contribution in [0.2, 0.25) is 0 Å². The van der Waals surface area contributed by atoms with Crippen molar-refractivity contribution in [1.29, 1.82) is 0 Å². The third-order valence-electron chi connectivity index (χ3n) is 2.41. The average Bonchev–Trinajstić information content (AvgIpc) is 2.70. The molecule has 76 valence electrons. The number of aryl methyl sites for hydroxylation is 1. The number of carbonyl (C=O) groups excluding carboxylic acids is 1. The van der Waals surface area contributed by atoms with Gasteiger partial charge in [0.15, 0.2) is 6.29 Å². The van der Waals surface area contributed by atoms with Crippen LogP contribution in [-0.4, -0.2) is 11.4 Å². The number of phenols is 1. The Bertz CT molecular complexity index is 329. The molecule has 0 saturated carbocycles. The van der Waals surface area contributed by atoms with E-state index in [0.717, 1.165) is 24.8 Å². The highest BCUT2D eigenvalue weighted by molar-refractivity contribution is 5.80. The molecule has 1 aromatic rings. The van der Waals surface area contributed by atoms with Crippen LogP contribution in [0, 0.1) is 0 Å². The van der Waals surface area contributed by atoms with E-state index in [2.05, 4.69) is 0 Å². The zero-order valence-corrected chi connectivity index (χ0v) is 8.71. The normalized spacial score (nSPS) is 12.7. The lowest BCUT2D eigenvalue weighted by Crippen LogP contribution is -1.88. The fraction of sp³-hybridized carbons (Fsp3) is 0.417. The van der Waals surface area contributed by atoms with Crippen LogP contribution in [0.25, 0.3) is 0 Å². The first-order valence-corrected chi connectivity index (χ1v) is 5.12. The molecule has 0 bridgehead atoms. The van der Waals surface area contributed by atoms with Gasteiger partial charge in [-0.05, 0) is 36.5 Å². The Morgan fingerprint density at radius 1 is 1.29 bits per heavy atom. The Morgan fingerprint density at radius 2 is 2.00 bits per heavy atom. The molecule has 0 fully saturated rings. The number of phenolic OH excluding ortho intramolecular Hbond substituents is 1. The third-order valence-corrected chi connectivity index (χ3v) is 2.41. The van der Waals surface area contributed by atoms with Crippen molar-refractivity contribution in [3.63, 3.8) is 0 Å². The van der Waals surface area contributed by atoms with Crippen LogP contribution in [0.15, 0.2) is 12.1 Å². The van der Waals surface area contributed by atoms with Gasteiger partial charge in [0.2, 0.25) is 0 Å². The molecule has 0 aromatic heterocycles. The quantitative estimate of drug-likeness (QED) is 0.695. The van der Waals surface area contributed by atoms with Crippen molar-refractivity contribution in [2.75, 3.05) is 0 Å². The van der Waals surface area contributed by atoms with Crippen LogP contribution in [0.1, 0.15) is 41.8 Å². The molecule has 0 unspecified atom stereocenters. The van der Waals surface area contributed by atoms with E-state index in [4.69, 9.17) is 0 Å². The molecule has 2 heteroatoms. The molecule has 1 aliphatic carbocycles. The number of hydrogen-bond acceptors (Lipinski definition) is 2. The second-order valence-electron chi connectivity index (χ2n) is 3.11. The lowest BCUT2D eigenvalue weighted by molar-refractivity contribution is 0.112. The molecule has 0 radical (unpaired) electrons. The molecule has 14 heavy (non-hydrogen) atoms. The summed E-state index contributed by atoms with van der Waals surface area (Å²) in [6, 6.07) is 3.62. The van der Waals surface area contributed by atoms with E-state index in [0.29, 0.717) is 11.8 Å². The third kappa shape index (κ3) is 1.79. The minimum Gasteiger partial charge on any atom is -0.507 e. The molecule has 2 rings (SSSR count). The highest BCUT2D eigenvalue weighted by Crippen LogP contribution is 2.31. The summed E-state index contributed by atoms with van der Waals surface area (Å²) in [5.41, 5.74) is 2.58. The minimum absolute atomic E-state index is 0.194. The molecule has 0 saturated heterocycles. The second-order valence-corrected chi connectivity index (χ2v) is 3.11. The summed E-state index contributed by atoms with van der Waals surface area (Å²) < 4.78 is 0. The van der Waals surface area contributed by atoms with Gasteiger partial charge in [-0.15, -0.1) is 0 Å². The second kappa shape index (κ2) is 4.80. The Kier molecular flexibility index (Phi) is 3.69. The fourth-order valence-electron chi connectivity index (χ4n) is 1.76. The van der Waals surface area contributed by atoms with Crippen molar-refractivity contribution in [3.8, 4) is 5.75 Å². The van der Waals surface area contributed by atoms with E-state index in [9.17, 15) is 9.90 Å². The van der Waals surface area contributed by atoms with E-state index < -0.39 is 0 Å². The fourth-order valence-corrected chi connectivity index (χ4v) is 1.76. The molecule has 1 aliphatic rings. The molecular formula is C12H16O2. The summed E-state index contributed by atoms with van der Waals surface area (Å²) in [6.45, 7) is 4.00. The zero-order valence-electron chi connectivity index (χ0n) is 8.71. The number of carbonyl (C=O) groups is 1. The monoisotopic (exact) mass is 192 g/mol. The standard InChI is InChI=1S/C10H10O2.C2H6/c11-6-8-5-4-7-2-1-3-9(7)10(8)12;1-2/h4-6,12H,1-3H2;1-2H3. The van der Waals surface area contributed by atoms with Crippen molar-refractivity contribution >= 4 is 6.29 Å². The van der Waals surface area contributed by atoms with Crippen LogP contribution in [0.5, 0.6) is 5.75 Å². The van der Waals surface area contributed by atoms with Crippen LogP contribution in [-0.2, 0) is 12.8 Å². The summed E-state index contributed by atoms with van der Waals surface area (Å²) in [4.78, 5) is 10.5. The van der Waals surface area contributed by atoms with Crippen LogP contribution >= 0.6 is 0 Å².